The van der Waals surface area contributed by atoms with E-state index < -0.39 is 10.0 Å². The second-order valence-electron chi connectivity index (χ2n) is 5.03. The quantitative estimate of drug-likeness (QED) is 0.562. The molecular formula is C17H16INO3S. The molecule has 1 aromatic heterocycles. The minimum Gasteiger partial charge on any atom is -0.375 e. The summed E-state index contributed by atoms with van der Waals surface area (Å²) in [5, 5.41) is 0.919. The first-order chi connectivity index (χ1) is 11.1. The molecule has 0 bridgehead atoms. The van der Waals surface area contributed by atoms with Crippen LogP contribution < -0.4 is 0 Å². The molecule has 0 unspecified atom stereocenters. The fourth-order valence-corrected chi connectivity index (χ4v) is 4.70. The molecule has 0 amide bonds. The third kappa shape index (κ3) is 3.02. The SMILES string of the molecule is CCOCc1cc2c(I)cccc2n1S(=O)(=O)c1ccccc1. The molecule has 0 saturated carbocycles. The van der Waals surface area contributed by atoms with Gasteiger partial charge in [-0.25, -0.2) is 12.4 Å². The number of benzene rings is 2. The Kier molecular flexibility index (Phi) is 4.74. The summed E-state index contributed by atoms with van der Waals surface area (Å²) >= 11 is 2.22. The molecule has 0 N–H and O–H groups in total. The molecule has 6 heteroatoms. The summed E-state index contributed by atoms with van der Waals surface area (Å²) in [7, 11) is -3.67. The molecule has 0 aliphatic heterocycles. The molecule has 0 aliphatic carbocycles. The standard InChI is InChI=1S/C17H16INO3S/c1-2-22-12-13-11-15-16(18)9-6-10-17(15)19(13)23(20,21)14-7-4-3-5-8-14/h3-11H,2,12H2,1H3. The number of fused-ring (bicyclic) bond motifs is 1. The minimum atomic E-state index is -3.67. The van der Waals surface area contributed by atoms with Crippen molar-refractivity contribution >= 4 is 43.5 Å². The van der Waals surface area contributed by atoms with Gasteiger partial charge in [-0.3, -0.25) is 0 Å². The Morgan fingerprint density at radius 1 is 1.09 bits per heavy atom. The highest BCUT2D eigenvalue weighted by Crippen LogP contribution is 2.29. The first kappa shape index (κ1) is 16.5. The van der Waals surface area contributed by atoms with E-state index in [1.807, 2.05) is 31.2 Å². The van der Waals surface area contributed by atoms with Crippen molar-refractivity contribution in [1.82, 2.24) is 3.97 Å². The third-order valence-electron chi connectivity index (χ3n) is 3.56. The molecule has 0 aliphatic rings. The van der Waals surface area contributed by atoms with Crippen LogP contribution in [0, 0.1) is 3.57 Å². The predicted molar refractivity (Wildman–Crippen MR) is 99.0 cm³/mol. The maximum atomic E-state index is 13.1. The molecule has 0 atom stereocenters. The lowest BCUT2D eigenvalue weighted by molar-refractivity contribution is 0.131. The second-order valence-corrected chi connectivity index (χ2v) is 7.98. The van der Waals surface area contributed by atoms with Crippen LogP contribution in [0.25, 0.3) is 10.9 Å². The number of ether oxygens (including phenoxy) is 1. The molecule has 0 spiro atoms. The largest absolute Gasteiger partial charge is 0.375 e. The zero-order chi connectivity index (χ0) is 16.4. The van der Waals surface area contributed by atoms with Gasteiger partial charge in [0.25, 0.3) is 10.0 Å². The summed E-state index contributed by atoms with van der Waals surface area (Å²) in [5.74, 6) is 0. The van der Waals surface area contributed by atoms with Gasteiger partial charge < -0.3 is 4.74 Å². The minimum absolute atomic E-state index is 0.257. The average Bonchev–Trinajstić information content (AvgIpc) is 2.94. The summed E-state index contributed by atoms with van der Waals surface area (Å²) in [4.78, 5) is 0.272. The van der Waals surface area contributed by atoms with Gasteiger partial charge in [-0.05, 0) is 59.8 Å². The van der Waals surface area contributed by atoms with Crippen molar-refractivity contribution in [3.05, 3.63) is 63.9 Å². The van der Waals surface area contributed by atoms with E-state index in [4.69, 9.17) is 4.74 Å². The highest BCUT2D eigenvalue weighted by Gasteiger charge is 2.23. The lowest BCUT2D eigenvalue weighted by atomic mass is 10.2. The number of nitrogens with zero attached hydrogens (tertiary/aromatic N) is 1. The molecule has 3 rings (SSSR count). The summed E-state index contributed by atoms with van der Waals surface area (Å²) < 4.78 is 34.1. The number of hydrogen-bond donors (Lipinski definition) is 0. The maximum absolute atomic E-state index is 13.1. The number of rotatable bonds is 5. The highest BCUT2D eigenvalue weighted by atomic mass is 127. The molecule has 23 heavy (non-hydrogen) atoms. The van der Waals surface area contributed by atoms with E-state index in [-0.39, 0.29) is 11.5 Å². The molecule has 3 aromatic rings. The van der Waals surface area contributed by atoms with E-state index in [9.17, 15) is 8.42 Å². The number of hydrogen-bond acceptors (Lipinski definition) is 3. The zero-order valence-corrected chi connectivity index (χ0v) is 15.5. The van der Waals surface area contributed by atoms with Gasteiger partial charge in [-0.2, -0.15) is 0 Å². The zero-order valence-electron chi connectivity index (χ0n) is 12.6. The molecule has 120 valence electrons. The van der Waals surface area contributed by atoms with Crippen LogP contribution in [-0.4, -0.2) is 19.0 Å². The van der Waals surface area contributed by atoms with Gasteiger partial charge in [0.1, 0.15) is 0 Å². The molecule has 1 heterocycles. The highest BCUT2D eigenvalue weighted by molar-refractivity contribution is 14.1. The van der Waals surface area contributed by atoms with Crippen LogP contribution >= 0.6 is 22.6 Å². The van der Waals surface area contributed by atoms with Crippen LogP contribution in [0.4, 0.5) is 0 Å². The monoisotopic (exact) mass is 441 g/mol. The molecular weight excluding hydrogens is 425 g/mol. The van der Waals surface area contributed by atoms with Crippen molar-refractivity contribution in [2.45, 2.75) is 18.4 Å². The summed E-state index contributed by atoms with van der Waals surface area (Å²) in [6.45, 7) is 2.68. The van der Waals surface area contributed by atoms with E-state index in [2.05, 4.69) is 22.6 Å². The second kappa shape index (κ2) is 6.62. The van der Waals surface area contributed by atoms with Gasteiger partial charge in [0.15, 0.2) is 0 Å². The van der Waals surface area contributed by atoms with Gasteiger partial charge in [0, 0.05) is 15.6 Å². The van der Waals surface area contributed by atoms with Crippen molar-refractivity contribution in [2.24, 2.45) is 0 Å². The Morgan fingerprint density at radius 2 is 1.83 bits per heavy atom. The van der Waals surface area contributed by atoms with Gasteiger partial charge in [-0.15, -0.1) is 0 Å². The number of halogens is 1. The lowest BCUT2D eigenvalue weighted by Crippen LogP contribution is -2.16. The molecule has 2 aromatic carbocycles. The lowest BCUT2D eigenvalue weighted by Gasteiger charge is -2.12. The van der Waals surface area contributed by atoms with Crippen LogP contribution in [0.15, 0.2) is 59.5 Å². The normalized spacial score (nSPS) is 11.9. The third-order valence-corrected chi connectivity index (χ3v) is 6.28. The van der Waals surface area contributed by atoms with Crippen molar-refractivity contribution in [3.63, 3.8) is 0 Å². The summed E-state index contributed by atoms with van der Waals surface area (Å²) in [6.07, 6.45) is 0. The maximum Gasteiger partial charge on any atom is 0.268 e. The van der Waals surface area contributed by atoms with E-state index in [1.165, 1.54) is 3.97 Å². The van der Waals surface area contributed by atoms with E-state index in [0.717, 1.165) is 8.96 Å². The fourth-order valence-electron chi connectivity index (χ4n) is 2.51. The van der Waals surface area contributed by atoms with E-state index in [0.29, 0.717) is 17.8 Å². The molecule has 0 radical (unpaired) electrons. The summed E-state index contributed by atoms with van der Waals surface area (Å²) in [5.41, 5.74) is 1.31. The van der Waals surface area contributed by atoms with Crippen LogP contribution in [0.3, 0.4) is 0 Å². The average molecular weight is 441 g/mol. The van der Waals surface area contributed by atoms with Crippen LogP contribution in [-0.2, 0) is 21.4 Å². The smallest absolute Gasteiger partial charge is 0.268 e. The van der Waals surface area contributed by atoms with Crippen LogP contribution in [0.5, 0.6) is 0 Å². The van der Waals surface area contributed by atoms with Crippen molar-refractivity contribution in [3.8, 4) is 0 Å². The Balaban J connectivity index is 2.28. The van der Waals surface area contributed by atoms with Crippen molar-refractivity contribution in [2.75, 3.05) is 6.61 Å². The van der Waals surface area contributed by atoms with E-state index >= 15 is 0 Å². The Bertz CT molecular complexity index is 933. The van der Waals surface area contributed by atoms with Gasteiger partial charge in [0.2, 0.25) is 0 Å². The predicted octanol–water partition coefficient (Wildman–Crippen LogP) is 4.02. The van der Waals surface area contributed by atoms with Crippen molar-refractivity contribution in [1.29, 1.82) is 0 Å². The topological polar surface area (TPSA) is 48.3 Å². The van der Waals surface area contributed by atoms with Crippen molar-refractivity contribution < 1.29 is 13.2 Å². The van der Waals surface area contributed by atoms with Gasteiger partial charge in [0.05, 0.1) is 22.7 Å². The Labute approximate surface area is 149 Å². The number of aromatic nitrogens is 1. The fraction of sp³-hybridized carbons (Fsp3) is 0.176. The Morgan fingerprint density at radius 3 is 2.52 bits per heavy atom. The molecule has 0 fully saturated rings. The Hall–Kier alpha value is -1.38. The molecule has 0 saturated heterocycles. The summed E-state index contributed by atoms with van der Waals surface area (Å²) in [6, 6.07) is 16.0. The molecule has 4 nitrogen and oxygen atoms in total. The van der Waals surface area contributed by atoms with E-state index in [1.54, 1.807) is 30.3 Å². The van der Waals surface area contributed by atoms with Crippen LogP contribution in [0.2, 0.25) is 0 Å². The first-order valence-corrected chi connectivity index (χ1v) is 9.75. The van der Waals surface area contributed by atoms with Gasteiger partial charge >= 0.3 is 0 Å². The van der Waals surface area contributed by atoms with Crippen LogP contribution in [0.1, 0.15) is 12.6 Å². The van der Waals surface area contributed by atoms with Gasteiger partial charge in [-0.1, -0.05) is 24.3 Å². The first-order valence-electron chi connectivity index (χ1n) is 7.23.